The molecule has 0 N–H and O–H groups in total. The van der Waals surface area contributed by atoms with E-state index in [1.54, 1.807) is 55.8 Å². The zero-order valence-electron chi connectivity index (χ0n) is 52.2. The van der Waals surface area contributed by atoms with Crippen molar-refractivity contribution in [2.24, 2.45) is 0 Å². The van der Waals surface area contributed by atoms with Gasteiger partial charge in [0, 0.05) is 173 Å². The lowest BCUT2D eigenvalue weighted by molar-refractivity contribution is 1.11. The van der Waals surface area contributed by atoms with E-state index in [0.29, 0.717) is 0 Å². The van der Waals surface area contributed by atoms with Gasteiger partial charge in [-0.2, -0.15) is 0 Å². The van der Waals surface area contributed by atoms with Gasteiger partial charge in [0.15, 0.2) is 5.82 Å². The molecule has 0 bridgehead atoms. The molecule has 14 aromatic rings. The topological polar surface area (TPSA) is 168 Å². The van der Waals surface area contributed by atoms with E-state index in [0.717, 1.165) is 78.9 Å². The molecule has 0 aliphatic rings. The van der Waals surface area contributed by atoms with E-state index in [2.05, 4.69) is 107 Å². The van der Waals surface area contributed by atoms with Gasteiger partial charge in [0.05, 0.1) is 5.69 Å². The lowest BCUT2D eigenvalue weighted by Gasteiger charge is -2.00. The third-order valence-corrected chi connectivity index (χ3v) is 13.2. The fraction of sp³-hybridized carbons (Fsp3) is 0.0897. The maximum Gasteiger partial charge on any atom is 0.159 e. The highest BCUT2D eigenvalue weighted by Crippen LogP contribution is 2.22. The van der Waals surface area contributed by atoms with Crippen LogP contribution < -0.4 is 0 Å². The molecule has 0 aliphatic heterocycles. The van der Waals surface area contributed by atoms with Gasteiger partial charge in [-0.05, 0) is 208 Å². The molecule has 0 spiro atoms. The Hall–Kier alpha value is -11.8. The Morgan fingerprint density at radius 1 is 0.198 bits per heavy atom. The summed E-state index contributed by atoms with van der Waals surface area (Å²) < 4.78 is 0. The summed E-state index contributed by atoms with van der Waals surface area (Å²) in [5, 5.41) is 0. The van der Waals surface area contributed by atoms with E-state index in [9.17, 15) is 0 Å². The Labute approximate surface area is 534 Å². The van der Waals surface area contributed by atoms with Crippen LogP contribution in [-0.4, -0.2) is 64.8 Å². The molecule has 13 nitrogen and oxygen atoms in total. The highest BCUT2D eigenvalue weighted by molar-refractivity contribution is 5.66. The van der Waals surface area contributed by atoms with Gasteiger partial charge in [-0.25, -0.2) is 9.97 Å². The third kappa shape index (κ3) is 22.4. The van der Waals surface area contributed by atoms with Gasteiger partial charge in [0.1, 0.15) is 0 Å². The molecule has 448 valence electrons. The zero-order valence-corrected chi connectivity index (χ0v) is 52.2. The molecule has 13 heteroatoms. The van der Waals surface area contributed by atoms with Crippen molar-refractivity contribution in [3.05, 3.63) is 345 Å². The summed E-state index contributed by atoms with van der Waals surface area (Å²) >= 11 is 0. The van der Waals surface area contributed by atoms with Gasteiger partial charge < -0.3 is 0 Å². The minimum absolute atomic E-state index is 0.792. The van der Waals surface area contributed by atoms with E-state index in [1.165, 1.54) is 38.9 Å². The van der Waals surface area contributed by atoms with Crippen molar-refractivity contribution in [3.63, 3.8) is 0 Å². The standard InChI is InChI=1S/C12H11N.6C11H10N2/c1-10-9-12(7-8-13-10)11-5-3-2-4-6-11;1-9-8-11(4-7-13-9)10-2-5-12-6-3-10;1-9-6-11(8-13-7-9)10-2-4-12-5-3-10;1-9-7-10(4-6-13-9)11-3-2-5-12-8-11;1-9-5-11(8-13-6-9)10-3-2-4-12-7-10;1-9-8-10(5-7-12-9)11-4-2-3-6-13-11;1-9-7-8-12-11(13-9)10-5-3-2-4-6-10/h2-9H,1H3;6*2-8H,1H3. The van der Waals surface area contributed by atoms with Crippen LogP contribution in [-0.2, 0) is 0 Å². The summed E-state index contributed by atoms with van der Waals surface area (Å²) in [5.74, 6) is 0.792. The Morgan fingerprint density at radius 2 is 0.571 bits per heavy atom. The molecule has 12 heterocycles. The Bertz CT molecular complexity index is 3560. The minimum Gasteiger partial charge on any atom is -0.265 e. The summed E-state index contributed by atoms with van der Waals surface area (Å²) in [5.41, 5.74) is 22.3. The van der Waals surface area contributed by atoms with Crippen molar-refractivity contribution in [2.45, 2.75) is 48.5 Å². The molecular formula is C78H71N13. The molecular weight excluding hydrogens is 1120 g/mol. The SMILES string of the molecule is Cc1cc(-c2ccccc2)ccn1.Cc1cc(-c2ccccn2)ccn1.Cc1cc(-c2cccnc2)ccn1.Cc1cc(-c2ccncc2)ccn1.Cc1ccnc(-c2ccccc2)n1.Cc1cncc(-c2cccnc2)c1.Cc1cncc(-c2ccncc2)c1. The predicted octanol–water partition coefficient (Wildman–Crippen LogP) is 17.8. The number of aromatic nitrogens is 13. The van der Waals surface area contributed by atoms with E-state index in [1.807, 2.05) is 256 Å². The molecule has 0 saturated heterocycles. The highest BCUT2D eigenvalue weighted by atomic mass is 14.9. The van der Waals surface area contributed by atoms with E-state index in [-0.39, 0.29) is 0 Å². The number of hydrogen-bond acceptors (Lipinski definition) is 13. The van der Waals surface area contributed by atoms with Crippen molar-refractivity contribution in [3.8, 4) is 78.3 Å². The van der Waals surface area contributed by atoms with Crippen LogP contribution in [0.15, 0.2) is 306 Å². The Kier molecular flexibility index (Phi) is 25.6. The lowest BCUT2D eigenvalue weighted by atomic mass is 10.1. The summed E-state index contributed by atoms with van der Waals surface area (Å²) in [7, 11) is 0. The number of benzene rings is 2. The maximum atomic E-state index is 4.33. The summed E-state index contributed by atoms with van der Waals surface area (Å²) in [4.78, 5) is 53.7. The number of pyridine rings is 11. The van der Waals surface area contributed by atoms with Crippen LogP contribution in [0.4, 0.5) is 0 Å². The van der Waals surface area contributed by atoms with Gasteiger partial charge >= 0.3 is 0 Å². The number of nitrogens with zero attached hydrogens (tertiary/aromatic N) is 13. The molecule has 0 radical (unpaired) electrons. The van der Waals surface area contributed by atoms with Crippen LogP contribution in [0, 0.1) is 48.5 Å². The van der Waals surface area contributed by atoms with E-state index >= 15 is 0 Å². The average Bonchev–Trinajstić information content (AvgIpc) is 3.53. The van der Waals surface area contributed by atoms with Crippen LogP contribution in [0.2, 0.25) is 0 Å². The summed E-state index contributed by atoms with van der Waals surface area (Å²) in [6, 6.07) is 64.4. The molecule has 0 amide bonds. The van der Waals surface area contributed by atoms with Crippen molar-refractivity contribution < 1.29 is 0 Å². The Morgan fingerprint density at radius 3 is 1.01 bits per heavy atom. The maximum absolute atomic E-state index is 4.33. The normalized spacial score (nSPS) is 9.92. The first-order chi connectivity index (χ1) is 44.5. The van der Waals surface area contributed by atoms with Gasteiger partial charge in [-0.1, -0.05) is 78.9 Å². The van der Waals surface area contributed by atoms with Gasteiger partial charge in [-0.3, -0.25) is 54.8 Å². The molecule has 0 aliphatic carbocycles. The number of aryl methyl sites for hydroxylation is 7. The van der Waals surface area contributed by atoms with E-state index < -0.39 is 0 Å². The fourth-order valence-electron chi connectivity index (χ4n) is 8.80. The molecule has 0 atom stereocenters. The zero-order chi connectivity index (χ0) is 63.7. The molecule has 2 aromatic carbocycles. The smallest absolute Gasteiger partial charge is 0.159 e. The number of hydrogen-bond donors (Lipinski definition) is 0. The monoisotopic (exact) mass is 1190 g/mol. The second-order valence-corrected chi connectivity index (χ2v) is 20.7. The summed E-state index contributed by atoms with van der Waals surface area (Å²) in [6.07, 6.45) is 32.7. The first kappa shape index (κ1) is 65.2. The molecule has 0 fully saturated rings. The molecule has 0 saturated carbocycles. The van der Waals surface area contributed by atoms with Gasteiger partial charge in [0.25, 0.3) is 0 Å². The van der Waals surface area contributed by atoms with Crippen molar-refractivity contribution in [2.75, 3.05) is 0 Å². The highest BCUT2D eigenvalue weighted by Gasteiger charge is 2.03. The van der Waals surface area contributed by atoms with Crippen LogP contribution in [0.3, 0.4) is 0 Å². The quantitative estimate of drug-likeness (QED) is 0.148. The van der Waals surface area contributed by atoms with Crippen molar-refractivity contribution in [1.82, 2.24) is 64.8 Å². The number of rotatable bonds is 7. The van der Waals surface area contributed by atoms with E-state index in [4.69, 9.17) is 0 Å². The van der Waals surface area contributed by atoms with Crippen LogP contribution in [0.25, 0.3) is 78.3 Å². The second kappa shape index (κ2) is 35.7. The van der Waals surface area contributed by atoms with Crippen molar-refractivity contribution >= 4 is 0 Å². The Balaban J connectivity index is 0.000000137. The largest absolute Gasteiger partial charge is 0.265 e. The van der Waals surface area contributed by atoms with Crippen LogP contribution in [0.1, 0.15) is 39.6 Å². The minimum atomic E-state index is 0.792. The second-order valence-electron chi connectivity index (χ2n) is 20.7. The van der Waals surface area contributed by atoms with Crippen LogP contribution in [0.5, 0.6) is 0 Å². The lowest BCUT2D eigenvalue weighted by Crippen LogP contribution is -1.89. The summed E-state index contributed by atoms with van der Waals surface area (Å²) in [6.45, 7) is 14.0. The first-order valence-corrected chi connectivity index (χ1v) is 29.5. The molecule has 14 rings (SSSR count). The fourth-order valence-corrected chi connectivity index (χ4v) is 8.80. The van der Waals surface area contributed by atoms with Gasteiger partial charge in [-0.15, -0.1) is 0 Å². The molecule has 91 heavy (non-hydrogen) atoms. The predicted molar refractivity (Wildman–Crippen MR) is 368 cm³/mol. The average molecular weight is 1190 g/mol. The molecule has 12 aromatic heterocycles. The molecule has 0 unspecified atom stereocenters. The first-order valence-electron chi connectivity index (χ1n) is 29.5. The van der Waals surface area contributed by atoms with Crippen LogP contribution >= 0.6 is 0 Å². The third-order valence-electron chi connectivity index (χ3n) is 13.2. The van der Waals surface area contributed by atoms with Crippen molar-refractivity contribution in [1.29, 1.82) is 0 Å². The van der Waals surface area contributed by atoms with Gasteiger partial charge in [0.2, 0.25) is 0 Å².